The maximum Gasteiger partial charge on any atom is 0.257 e. The standard InChI is InChI=1S/C23H25FN6O2/c1-3-32-20-14-16(2)26-23(28-20)30-12-10-29(11-13-30)22(31)19-8-5-9-25-21(19)27-18-7-4-6-17(24)15-18/h4-9,14-15H,3,10-13H2,1-2H3,(H,25,27). The van der Waals surface area contributed by atoms with E-state index in [4.69, 9.17) is 4.74 Å². The van der Waals surface area contributed by atoms with Crippen molar-refractivity contribution in [3.8, 4) is 5.88 Å². The number of pyridine rings is 1. The molecule has 0 radical (unpaired) electrons. The van der Waals surface area contributed by atoms with E-state index in [1.54, 1.807) is 35.4 Å². The third-order valence-corrected chi connectivity index (χ3v) is 5.09. The molecule has 0 saturated carbocycles. The third kappa shape index (κ3) is 4.93. The van der Waals surface area contributed by atoms with Gasteiger partial charge < -0.3 is 19.9 Å². The average Bonchev–Trinajstić information content (AvgIpc) is 2.79. The topological polar surface area (TPSA) is 83.5 Å². The Morgan fingerprint density at radius 1 is 1.12 bits per heavy atom. The zero-order valence-corrected chi connectivity index (χ0v) is 18.1. The fraction of sp³-hybridized carbons (Fsp3) is 0.304. The molecule has 1 aliphatic heterocycles. The van der Waals surface area contributed by atoms with E-state index in [9.17, 15) is 9.18 Å². The number of hydrogen-bond acceptors (Lipinski definition) is 7. The summed E-state index contributed by atoms with van der Waals surface area (Å²) in [6.45, 7) is 6.61. The molecule has 9 heteroatoms. The van der Waals surface area contributed by atoms with E-state index in [2.05, 4.69) is 25.2 Å². The SMILES string of the molecule is CCOc1cc(C)nc(N2CCN(C(=O)c3cccnc3Nc3cccc(F)c3)CC2)n1. The number of aryl methyl sites for hydroxylation is 1. The van der Waals surface area contributed by atoms with Crippen molar-refractivity contribution >= 4 is 23.4 Å². The van der Waals surface area contributed by atoms with Crippen LogP contribution in [0, 0.1) is 12.7 Å². The molecular formula is C23H25FN6O2. The molecule has 0 unspecified atom stereocenters. The van der Waals surface area contributed by atoms with Gasteiger partial charge in [-0.3, -0.25) is 4.79 Å². The number of anilines is 3. The lowest BCUT2D eigenvalue weighted by Gasteiger charge is -2.35. The summed E-state index contributed by atoms with van der Waals surface area (Å²) in [5, 5.41) is 3.05. The number of carbonyl (C=O) groups is 1. The summed E-state index contributed by atoms with van der Waals surface area (Å²) in [7, 11) is 0. The minimum atomic E-state index is -0.360. The number of nitrogens with zero attached hydrogens (tertiary/aromatic N) is 5. The zero-order chi connectivity index (χ0) is 22.5. The van der Waals surface area contributed by atoms with Gasteiger partial charge in [-0.05, 0) is 44.2 Å². The molecule has 4 rings (SSSR count). The van der Waals surface area contributed by atoms with Gasteiger partial charge >= 0.3 is 0 Å². The molecule has 0 spiro atoms. The van der Waals surface area contributed by atoms with Crippen LogP contribution in [0.2, 0.25) is 0 Å². The molecule has 0 bridgehead atoms. The number of carbonyl (C=O) groups excluding carboxylic acids is 1. The number of halogens is 1. The van der Waals surface area contributed by atoms with E-state index in [-0.39, 0.29) is 11.7 Å². The molecule has 1 amide bonds. The molecule has 1 fully saturated rings. The summed E-state index contributed by atoms with van der Waals surface area (Å²) in [5.74, 6) is 1.07. The number of aromatic nitrogens is 3. The molecule has 166 valence electrons. The Labute approximate surface area is 186 Å². The monoisotopic (exact) mass is 436 g/mol. The van der Waals surface area contributed by atoms with Crippen LogP contribution in [0.4, 0.5) is 21.8 Å². The van der Waals surface area contributed by atoms with E-state index < -0.39 is 0 Å². The zero-order valence-electron chi connectivity index (χ0n) is 18.1. The summed E-state index contributed by atoms with van der Waals surface area (Å²) >= 11 is 0. The van der Waals surface area contributed by atoms with Crippen LogP contribution in [0.25, 0.3) is 0 Å². The van der Waals surface area contributed by atoms with Crippen molar-refractivity contribution < 1.29 is 13.9 Å². The molecule has 8 nitrogen and oxygen atoms in total. The van der Waals surface area contributed by atoms with Gasteiger partial charge in [-0.2, -0.15) is 4.98 Å². The fourth-order valence-corrected chi connectivity index (χ4v) is 3.55. The first-order chi connectivity index (χ1) is 15.5. The van der Waals surface area contributed by atoms with Crippen molar-refractivity contribution in [2.75, 3.05) is 43.0 Å². The second kappa shape index (κ2) is 9.59. The minimum Gasteiger partial charge on any atom is -0.478 e. The summed E-state index contributed by atoms with van der Waals surface area (Å²) in [6, 6.07) is 11.3. The van der Waals surface area contributed by atoms with Gasteiger partial charge in [0.2, 0.25) is 11.8 Å². The van der Waals surface area contributed by atoms with Gasteiger partial charge in [-0.25, -0.2) is 14.4 Å². The largest absolute Gasteiger partial charge is 0.478 e. The average molecular weight is 436 g/mol. The smallest absolute Gasteiger partial charge is 0.257 e. The van der Waals surface area contributed by atoms with Crippen LogP contribution in [0.5, 0.6) is 5.88 Å². The Hall–Kier alpha value is -3.75. The lowest BCUT2D eigenvalue weighted by atomic mass is 10.2. The Bertz CT molecular complexity index is 1100. The second-order valence-electron chi connectivity index (χ2n) is 7.39. The summed E-state index contributed by atoms with van der Waals surface area (Å²) < 4.78 is 19.1. The summed E-state index contributed by atoms with van der Waals surface area (Å²) in [5.41, 5.74) is 1.81. The molecule has 1 saturated heterocycles. The highest BCUT2D eigenvalue weighted by atomic mass is 19.1. The van der Waals surface area contributed by atoms with E-state index in [0.717, 1.165) is 5.69 Å². The minimum absolute atomic E-state index is 0.128. The van der Waals surface area contributed by atoms with Crippen LogP contribution in [0.1, 0.15) is 23.0 Å². The van der Waals surface area contributed by atoms with Crippen molar-refractivity contribution in [1.29, 1.82) is 0 Å². The van der Waals surface area contributed by atoms with Crippen LogP contribution in [-0.4, -0.2) is 58.5 Å². The van der Waals surface area contributed by atoms with Gasteiger partial charge in [0.05, 0.1) is 12.2 Å². The summed E-state index contributed by atoms with van der Waals surface area (Å²) in [4.78, 5) is 30.3. The first-order valence-electron chi connectivity index (χ1n) is 10.5. The molecule has 3 heterocycles. The molecule has 0 atom stereocenters. The van der Waals surface area contributed by atoms with Crippen LogP contribution < -0.4 is 15.0 Å². The van der Waals surface area contributed by atoms with Gasteiger partial charge in [-0.1, -0.05) is 6.07 Å². The highest BCUT2D eigenvalue weighted by molar-refractivity contribution is 5.99. The van der Waals surface area contributed by atoms with Crippen molar-refractivity contribution in [3.05, 3.63) is 65.7 Å². The van der Waals surface area contributed by atoms with Gasteiger partial charge in [0.15, 0.2) is 0 Å². The number of rotatable bonds is 6. The Morgan fingerprint density at radius 3 is 2.69 bits per heavy atom. The first kappa shape index (κ1) is 21.5. The van der Waals surface area contributed by atoms with Crippen LogP contribution in [0.3, 0.4) is 0 Å². The third-order valence-electron chi connectivity index (χ3n) is 5.09. The number of hydrogen-bond donors (Lipinski definition) is 1. The van der Waals surface area contributed by atoms with Crippen molar-refractivity contribution in [1.82, 2.24) is 19.9 Å². The lowest BCUT2D eigenvalue weighted by Crippen LogP contribution is -2.49. The predicted octanol–water partition coefficient (Wildman–Crippen LogP) is 3.42. The van der Waals surface area contributed by atoms with E-state index >= 15 is 0 Å². The van der Waals surface area contributed by atoms with Crippen molar-refractivity contribution in [2.24, 2.45) is 0 Å². The van der Waals surface area contributed by atoms with Crippen molar-refractivity contribution in [2.45, 2.75) is 13.8 Å². The maximum atomic E-state index is 13.5. The Balaban J connectivity index is 1.45. The molecule has 1 aliphatic rings. The molecule has 2 aromatic heterocycles. The normalized spacial score (nSPS) is 13.7. The van der Waals surface area contributed by atoms with Gasteiger partial charge in [0.25, 0.3) is 5.91 Å². The number of nitrogens with one attached hydrogen (secondary N) is 1. The molecule has 3 aromatic rings. The molecule has 0 aliphatic carbocycles. The number of ether oxygens (including phenoxy) is 1. The molecule has 1 N–H and O–H groups in total. The predicted molar refractivity (Wildman–Crippen MR) is 120 cm³/mol. The van der Waals surface area contributed by atoms with E-state index in [0.29, 0.717) is 61.7 Å². The highest BCUT2D eigenvalue weighted by Crippen LogP contribution is 2.22. The first-order valence-corrected chi connectivity index (χ1v) is 10.5. The maximum absolute atomic E-state index is 13.5. The van der Waals surface area contributed by atoms with Crippen LogP contribution >= 0.6 is 0 Å². The molecular weight excluding hydrogens is 411 g/mol. The summed E-state index contributed by atoms with van der Waals surface area (Å²) in [6.07, 6.45) is 1.60. The van der Waals surface area contributed by atoms with Gasteiger partial charge in [0, 0.05) is 49.8 Å². The Kier molecular flexibility index (Phi) is 6.44. The number of amides is 1. The van der Waals surface area contributed by atoms with E-state index in [1.807, 2.05) is 19.9 Å². The van der Waals surface area contributed by atoms with Gasteiger partial charge in [-0.15, -0.1) is 0 Å². The molecule has 1 aromatic carbocycles. The fourth-order valence-electron chi connectivity index (χ4n) is 3.55. The van der Waals surface area contributed by atoms with Crippen LogP contribution in [0.15, 0.2) is 48.7 Å². The Morgan fingerprint density at radius 2 is 1.94 bits per heavy atom. The lowest BCUT2D eigenvalue weighted by molar-refractivity contribution is 0.0747. The second-order valence-corrected chi connectivity index (χ2v) is 7.39. The van der Waals surface area contributed by atoms with E-state index in [1.165, 1.54) is 12.1 Å². The van der Waals surface area contributed by atoms with Gasteiger partial charge in [0.1, 0.15) is 11.6 Å². The van der Waals surface area contributed by atoms with Crippen molar-refractivity contribution in [3.63, 3.8) is 0 Å². The number of piperazine rings is 1. The van der Waals surface area contributed by atoms with Crippen LogP contribution in [-0.2, 0) is 0 Å². The molecule has 32 heavy (non-hydrogen) atoms. The quantitative estimate of drug-likeness (QED) is 0.634. The number of benzene rings is 1. The highest BCUT2D eigenvalue weighted by Gasteiger charge is 2.26.